The number of ether oxygens (including phenoxy) is 1. The summed E-state index contributed by atoms with van der Waals surface area (Å²) in [4.78, 5) is 27.0. The molecule has 8 nitrogen and oxygen atoms in total. The van der Waals surface area contributed by atoms with Crippen LogP contribution in [0.25, 0.3) is 5.69 Å². The number of benzene rings is 2. The lowest BCUT2D eigenvalue weighted by Crippen LogP contribution is -2.28. The third kappa shape index (κ3) is 6.75. The number of carbonyl (C=O) groups excluding carboxylic acids is 2. The Bertz CT molecular complexity index is 1360. The molecule has 0 radical (unpaired) electrons. The highest BCUT2D eigenvalue weighted by Crippen LogP contribution is 2.31. The first-order chi connectivity index (χ1) is 18.6. The van der Waals surface area contributed by atoms with Gasteiger partial charge in [-0.3, -0.25) is 4.79 Å². The molecule has 39 heavy (non-hydrogen) atoms. The molecule has 3 aromatic rings. The van der Waals surface area contributed by atoms with Crippen molar-refractivity contribution in [3.63, 3.8) is 0 Å². The van der Waals surface area contributed by atoms with Crippen molar-refractivity contribution in [2.45, 2.75) is 45.5 Å². The highest BCUT2D eigenvalue weighted by atomic mass is 19.4. The van der Waals surface area contributed by atoms with E-state index in [0.717, 1.165) is 23.1 Å². The molecule has 1 aliphatic heterocycles. The number of nitrogens with zero attached hydrogens (tertiary/aromatic N) is 3. The average Bonchev–Trinajstić information content (AvgIpc) is 3.36. The summed E-state index contributed by atoms with van der Waals surface area (Å²) < 4.78 is 61.8. The van der Waals surface area contributed by atoms with Gasteiger partial charge >= 0.3 is 12.3 Å². The van der Waals surface area contributed by atoms with E-state index in [2.05, 4.69) is 15.7 Å². The maximum absolute atomic E-state index is 15.2. The van der Waals surface area contributed by atoms with E-state index in [-0.39, 0.29) is 24.5 Å². The highest BCUT2D eigenvalue weighted by Gasteiger charge is 2.36. The number of alkyl halides is 3. The maximum atomic E-state index is 15.2. The normalized spacial score (nSPS) is 13.6. The molecular weight excluding hydrogens is 518 g/mol. The SMILES string of the molecule is CCCCOC(=O)NCc1cccc(-n2nc(C(F)(F)F)cc2C(=O)Nc2ccc3c(c2F)CCN(C)C3)c1. The molecule has 2 amide bonds. The molecule has 0 saturated carbocycles. The number of hydrogen-bond acceptors (Lipinski definition) is 5. The fraction of sp³-hybridized carbons (Fsp3) is 0.370. The summed E-state index contributed by atoms with van der Waals surface area (Å²) in [5.41, 5.74) is 0.147. The number of fused-ring (bicyclic) bond motifs is 1. The van der Waals surface area contributed by atoms with Gasteiger partial charge in [0.25, 0.3) is 5.91 Å². The van der Waals surface area contributed by atoms with Gasteiger partial charge in [0.2, 0.25) is 0 Å². The quantitative estimate of drug-likeness (QED) is 0.295. The van der Waals surface area contributed by atoms with Crippen molar-refractivity contribution in [3.05, 3.63) is 76.4 Å². The van der Waals surface area contributed by atoms with Gasteiger partial charge < -0.3 is 20.3 Å². The predicted molar refractivity (Wildman–Crippen MR) is 136 cm³/mol. The topological polar surface area (TPSA) is 88.5 Å². The van der Waals surface area contributed by atoms with Gasteiger partial charge in [0, 0.05) is 25.7 Å². The van der Waals surface area contributed by atoms with Crippen molar-refractivity contribution in [1.29, 1.82) is 0 Å². The lowest BCUT2D eigenvalue weighted by molar-refractivity contribution is -0.141. The van der Waals surface area contributed by atoms with Crippen LogP contribution in [0.15, 0.2) is 42.5 Å². The van der Waals surface area contributed by atoms with Crippen molar-refractivity contribution >= 4 is 17.7 Å². The molecule has 0 fully saturated rings. The Morgan fingerprint density at radius 1 is 1.15 bits per heavy atom. The van der Waals surface area contributed by atoms with Crippen molar-refractivity contribution < 1.29 is 31.9 Å². The molecule has 1 aliphatic rings. The molecule has 2 heterocycles. The lowest BCUT2D eigenvalue weighted by Gasteiger charge is -2.26. The van der Waals surface area contributed by atoms with Crippen LogP contribution in [-0.4, -0.2) is 46.9 Å². The van der Waals surface area contributed by atoms with E-state index in [1.807, 2.05) is 18.9 Å². The van der Waals surface area contributed by atoms with E-state index in [9.17, 15) is 22.8 Å². The number of unbranched alkanes of at least 4 members (excludes halogenated alkanes) is 1. The molecule has 0 saturated heterocycles. The van der Waals surface area contributed by atoms with E-state index >= 15 is 4.39 Å². The zero-order valence-electron chi connectivity index (χ0n) is 21.6. The predicted octanol–water partition coefficient (Wildman–Crippen LogP) is 5.30. The molecule has 0 spiro atoms. The second kappa shape index (κ2) is 11.9. The van der Waals surface area contributed by atoms with Gasteiger partial charge in [0.05, 0.1) is 18.0 Å². The Kier molecular flexibility index (Phi) is 8.54. The third-order valence-corrected chi connectivity index (χ3v) is 6.33. The standard InChI is InChI=1S/C27H29F4N5O3/c1-3-4-12-39-26(38)32-15-17-6-5-7-19(13-17)36-22(14-23(34-36)27(29,30)31)25(37)33-21-9-8-18-16-35(2)11-10-20(18)24(21)28/h5-9,13-14H,3-4,10-12,15-16H2,1-2H3,(H,32,38)(H,33,37). The summed E-state index contributed by atoms with van der Waals surface area (Å²) in [7, 11) is 1.92. The fourth-order valence-electron chi connectivity index (χ4n) is 4.25. The van der Waals surface area contributed by atoms with Crippen LogP contribution in [0.5, 0.6) is 0 Å². The number of nitrogens with one attached hydrogen (secondary N) is 2. The van der Waals surface area contributed by atoms with Crippen LogP contribution in [0.1, 0.15) is 52.6 Å². The number of hydrogen-bond donors (Lipinski definition) is 2. The summed E-state index contributed by atoms with van der Waals surface area (Å²) in [6.07, 6.45) is -3.39. The molecule has 0 unspecified atom stereocenters. The minimum absolute atomic E-state index is 0.0449. The van der Waals surface area contributed by atoms with Crippen LogP contribution in [0.3, 0.4) is 0 Å². The van der Waals surface area contributed by atoms with E-state index in [1.165, 1.54) is 18.2 Å². The first-order valence-electron chi connectivity index (χ1n) is 12.5. The molecule has 1 aromatic heterocycles. The van der Waals surface area contributed by atoms with Crippen molar-refractivity contribution in [1.82, 2.24) is 20.0 Å². The molecule has 0 bridgehead atoms. The minimum Gasteiger partial charge on any atom is -0.450 e. The molecule has 0 atom stereocenters. The van der Waals surface area contributed by atoms with Crippen LogP contribution in [0, 0.1) is 5.82 Å². The van der Waals surface area contributed by atoms with Crippen LogP contribution >= 0.6 is 0 Å². The molecule has 208 valence electrons. The summed E-state index contributed by atoms with van der Waals surface area (Å²) in [6, 6.07) is 9.91. The Morgan fingerprint density at radius 2 is 1.95 bits per heavy atom. The number of amides is 2. The van der Waals surface area contributed by atoms with Gasteiger partial charge in [-0.25, -0.2) is 13.9 Å². The minimum atomic E-state index is -4.81. The number of alkyl carbamates (subject to hydrolysis) is 1. The van der Waals surface area contributed by atoms with Crippen LogP contribution in [0.4, 0.5) is 28.0 Å². The zero-order chi connectivity index (χ0) is 28.2. The monoisotopic (exact) mass is 547 g/mol. The largest absolute Gasteiger partial charge is 0.450 e. The summed E-state index contributed by atoms with van der Waals surface area (Å²) >= 11 is 0. The van der Waals surface area contributed by atoms with Gasteiger partial charge in [0.1, 0.15) is 11.5 Å². The number of rotatable bonds is 8. The summed E-state index contributed by atoms with van der Waals surface area (Å²) in [5, 5.41) is 8.61. The molecule has 0 aliphatic carbocycles. The summed E-state index contributed by atoms with van der Waals surface area (Å²) in [6.45, 7) is 3.48. The molecular formula is C27H29F4N5O3. The Labute approximate surface area is 222 Å². The van der Waals surface area contributed by atoms with Gasteiger partial charge in [-0.15, -0.1) is 0 Å². The molecule has 2 aromatic carbocycles. The molecule has 4 rings (SSSR count). The fourth-order valence-corrected chi connectivity index (χ4v) is 4.25. The number of halogens is 4. The number of carbonyl (C=O) groups is 2. The first-order valence-corrected chi connectivity index (χ1v) is 12.5. The van der Waals surface area contributed by atoms with E-state index in [1.54, 1.807) is 18.2 Å². The van der Waals surface area contributed by atoms with E-state index in [4.69, 9.17) is 4.74 Å². The maximum Gasteiger partial charge on any atom is 0.435 e. The van der Waals surface area contributed by atoms with Crippen molar-refractivity contribution in [2.24, 2.45) is 0 Å². The number of likely N-dealkylation sites (N-methyl/N-ethyl adjacent to an activating group) is 1. The lowest BCUT2D eigenvalue weighted by atomic mass is 9.98. The van der Waals surface area contributed by atoms with Gasteiger partial charge in [-0.2, -0.15) is 18.3 Å². The summed E-state index contributed by atoms with van der Waals surface area (Å²) in [5.74, 6) is -1.55. The van der Waals surface area contributed by atoms with Crippen molar-refractivity contribution in [2.75, 3.05) is 25.5 Å². The van der Waals surface area contributed by atoms with Crippen molar-refractivity contribution in [3.8, 4) is 5.69 Å². The molecule has 2 N–H and O–H groups in total. The Balaban J connectivity index is 1.59. The van der Waals surface area contributed by atoms with Crippen LogP contribution in [0.2, 0.25) is 0 Å². The molecule has 12 heteroatoms. The second-order valence-electron chi connectivity index (χ2n) is 9.34. The smallest absolute Gasteiger partial charge is 0.435 e. The Hall–Kier alpha value is -3.93. The number of aromatic nitrogens is 2. The third-order valence-electron chi connectivity index (χ3n) is 6.33. The number of anilines is 1. The second-order valence-corrected chi connectivity index (χ2v) is 9.34. The van der Waals surface area contributed by atoms with Gasteiger partial charge in [0.15, 0.2) is 5.69 Å². The zero-order valence-corrected chi connectivity index (χ0v) is 21.6. The average molecular weight is 548 g/mol. The van der Waals surface area contributed by atoms with Crippen LogP contribution in [-0.2, 0) is 30.4 Å². The van der Waals surface area contributed by atoms with E-state index < -0.39 is 35.4 Å². The first kappa shape index (κ1) is 28.1. The Morgan fingerprint density at radius 3 is 2.69 bits per heavy atom. The highest BCUT2D eigenvalue weighted by molar-refractivity contribution is 6.03. The van der Waals surface area contributed by atoms with Gasteiger partial charge in [-0.1, -0.05) is 31.5 Å². The van der Waals surface area contributed by atoms with Gasteiger partial charge in [-0.05, 0) is 54.8 Å². The van der Waals surface area contributed by atoms with E-state index in [0.29, 0.717) is 36.7 Å². The van der Waals surface area contributed by atoms with Crippen LogP contribution < -0.4 is 10.6 Å².